The molecule has 0 aromatic heterocycles. The van der Waals surface area contributed by atoms with Crippen molar-refractivity contribution in [3.63, 3.8) is 0 Å². The molecule has 27 heavy (non-hydrogen) atoms. The second-order valence-corrected chi connectivity index (χ2v) is 6.95. The first-order chi connectivity index (χ1) is 13.1. The molecular formula is C22H27FN2O2. The number of hydrogen-bond acceptors (Lipinski definition) is 4. The topological polar surface area (TPSA) is 41.6 Å². The van der Waals surface area contributed by atoms with Crippen molar-refractivity contribution in [1.82, 2.24) is 0 Å². The summed E-state index contributed by atoms with van der Waals surface area (Å²) in [4.78, 5) is 13.7. The molecule has 1 N–H and O–H groups in total. The van der Waals surface area contributed by atoms with Gasteiger partial charge in [0.1, 0.15) is 5.82 Å². The van der Waals surface area contributed by atoms with E-state index >= 15 is 0 Å². The van der Waals surface area contributed by atoms with Crippen LogP contribution in [0, 0.1) is 5.82 Å². The maximum atomic E-state index is 14.3. The molecule has 0 aliphatic carbocycles. The van der Waals surface area contributed by atoms with E-state index in [2.05, 4.69) is 35.5 Å². The molecule has 0 saturated heterocycles. The lowest BCUT2D eigenvalue weighted by molar-refractivity contribution is -0.143. The third-order valence-electron chi connectivity index (χ3n) is 4.95. The molecule has 0 bridgehead atoms. The number of fused-ring (bicyclic) bond motifs is 1. The van der Waals surface area contributed by atoms with Crippen molar-refractivity contribution in [1.29, 1.82) is 0 Å². The summed E-state index contributed by atoms with van der Waals surface area (Å²) in [6.45, 7) is 3.84. The van der Waals surface area contributed by atoms with E-state index in [9.17, 15) is 9.18 Å². The van der Waals surface area contributed by atoms with E-state index in [1.165, 1.54) is 29.3 Å². The second kappa shape index (κ2) is 8.89. The number of aryl methyl sites for hydroxylation is 2. The quantitative estimate of drug-likeness (QED) is 0.737. The van der Waals surface area contributed by atoms with Crippen molar-refractivity contribution in [2.24, 2.45) is 0 Å². The van der Waals surface area contributed by atoms with Crippen LogP contribution in [0.3, 0.4) is 0 Å². The van der Waals surface area contributed by atoms with Gasteiger partial charge in [0.25, 0.3) is 0 Å². The molecule has 2 aromatic rings. The van der Waals surface area contributed by atoms with E-state index in [0.717, 1.165) is 18.7 Å². The van der Waals surface area contributed by atoms with Gasteiger partial charge in [-0.2, -0.15) is 0 Å². The van der Waals surface area contributed by atoms with Crippen LogP contribution in [0.15, 0.2) is 36.4 Å². The molecule has 1 aliphatic heterocycles. The molecule has 0 radical (unpaired) electrons. The van der Waals surface area contributed by atoms with Crippen molar-refractivity contribution in [2.75, 3.05) is 30.4 Å². The number of halogens is 1. The summed E-state index contributed by atoms with van der Waals surface area (Å²) in [5, 5.41) is 3.29. The monoisotopic (exact) mass is 370 g/mol. The first-order valence-corrected chi connectivity index (χ1v) is 9.57. The molecule has 0 spiro atoms. The van der Waals surface area contributed by atoms with Crippen LogP contribution in [0.1, 0.15) is 36.5 Å². The van der Waals surface area contributed by atoms with Gasteiger partial charge in [-0.05, 0) is 61.1 Å². The molecule has 0 fully saturated rings. The molecule has 5 heteroatoms. The van der Waals surface area contributed by atoms with Gasteiger partial charge in [0.05, 0.1) is 6.61 Å². The molecule has 1 aliphatic rings. The standard InChI is InChI=1S/C22H27FN2O2/c1-3-27-22(26)11-9-17-8-10-19(14-20(17)23)24-15-16-6-7-18-5-4-12-25(2)21(18)13-16/h6-8,10,13-14,24H,3-5,9,11-12,15H2,1-2H3. The second-order valence-electron chi connectivity index (χ2n) is 6.95. The van der Waals surface area contributed by atoms with Gasteiger partial charge in [0.15, 0.2) is 0 Å². The van der Waals surface area contributed by atoms with Crippen molar-refractivity contribution in [2.45, 2.75) is 39.2 Å². The van der Waals surface area contributed by atoms with Crippen molar-refractivity contribution in [3.05, 3.63) is 58.9 Å². The van der Waals surface area contributed by atoms with Crippen LogP contribution < -0.4 is 10.2 Å². The van der Waals surface area contributed by atoms with Gasteiger partial charge in [-0.1, -0.05) is 18.2 Å². The number of anilines is 2. The van der Waals surface area contributed by atoms with Gasteiger partial charge in [-0.3, -0.25) is 4.79 Å². The minimum atomic E-state index is -0.297. The predicted octanol–water partition coefficient (Wildman–Crippen LogP) is 4.32. The summed E-state index contributed by atoms with van der Waals surface area (Å²) < 4.78 is 19.2. The van der Waals surface area contributed by atoms with Crippen LogP contribution in [0.2, 0.25) is 0 Å². The fourth-order valence-electron chi connectivity index (χ4n) is 3.45. The molecule has 3 rings (SSSR count). The van der Waals surface area contributed by atoms with Crippen LogP contribution in [-0.4, -0.2) is 26.2 Å². The number of carbonyl (C=O) groups is 1. The molecule has 0 atom stereocenters. The van der Waals surface area contributed by atoms with Crippen molar-refractivity contribution in [3.8, 4) is 0 Å². The molecule has 0 saturated carbocycles. The van der Waals surface area contributed by atoms with E-state index in [1.807, 2.05) is 6.07 Å². The Balaban J connectivity index is 1.59. The number of rotatable bonds is 7. The summed E-state index contributed by atoms with van der Waals surface area (Å²) in [5.41, 5.74) is 5.13. The molecular weight excluding hydrogens is 343 g/mol. The van der Waals surface area contributed by atoms with E-state index in [0.29, 0.717) is 25.1 Å². The van der Waals surface area contributed by atoms with Gasteiger partial charge in [-0.15, -0.1) is 0 Å². The number of hydrogen-bond donors (Lipinski definition) is 1. The zero-order valence-corrected chi connectivity index (χ0v) is 16.1. The average molecular weight is 370 g/mol. The number of ether oxygens (including phenoxy) is 1. The lowest BCUT2D eigenvalue weighted by atomic mass is 10.00. The first kappa shape index (κ1) is 19.2. The highest BCUT2D eigenvalue weighted by Gasteiger charge is 2.14. The highest BCUT2D eigenvalue weighted by molar-refractivity contribution is 5.69. The van der Waals surface area contributed by atoms with Crippen molar-refractivity contribution < 1.29 is 13.9 Å². The SMILES string of the molecule is CCOC(=O)CCc1ccc(NCc2ccc3c(c2)N(C)CCC3)cc1F. The van der Waals surface area contributed by atoms with E-state index in [4.69, 9.17) is 4.74 Å². The number of benzene rings is 2. The fraction of sp³-hybridized carbons (Fsp3) is 0.409. The van der Waals surface area contributed by atoms with Crippen LogP contribution in [0.25, 0.3) is 0 Å². The maximum Gasteiger partial charge on any atom is 0.306 e. The summed E-state index contributed by atoms with van der Waals surface area (Å²) in [7, 11) is 2.12. The summed E-state index contributed by atoms with van der Waals surface area (Å²) in [5.74, 6) is -0.592. The first-order valence-electron chi connectivity index (χ1n) is 9.57. The fourth-order valence-corrected chi connectivity index (χ4v) is 3.45. The Morgan fingerprint density at radius 1 is 1.26 bits per heavy atom. The van der Waals surface area contributed by atoms with Gasteiger partial charge in [0.2, 0.25) is 0 Å². The number of esters is 1. The van der Waals surface area contributed by atoms with Crippen LogP contribution in [-0.2, 0) is 28.9 Å². The van der Waals surface area contributed by atoms with Gasteiger partial charge in [-0.25, -0.2) is 4.39 Å². The Morgan fingerprint density at radius 2 is 2.11 bits per heavy atom. The molecule has 2 aromatic carbocycles. The van der Waals surface area contributed by atoms with E-state index in [-0.39, 0.29) is 18.2 Å². The molecule has 1 heterocycles. The lowest BCUT2D eigenvalue weighted by Crippen LogP contribution is -2.24. The number of nitrogens with one attached hydrogen (secondary N) is 1. The number of carbonyl (C=O) groups excluding carboxylic acids is 1. The van der Waals surface area contributed by atoms with E-state index in [1.54, 1.807) is 13.0 Å². The van der Waals surface area contributed by atoms with Gasteiger partial charge < -0.3 is 15.0 Å². The molecule has 0 unspecified atom stereocenters. The minimum absolute atomic E-state index is 0.195. The third-order valence-corrected chi connectivity index (χ3v) is 4.95. The smallest absolute Gasteiger partial charge is 0.306 e. The number of nitrogens with zero attached hydrogens (tertiary/aromatic N) is 1. The highest BCUT2D eigenvalue weighted by Crippen LogP contribution is 2.27. The van der Waals surface area contributed by atoms with Gasteiger partial charge >= 0.3 is 5.97 Å². The van der Waals surface area contributed by atoms with Crippen LogP contribution in [0.5, 0.6) is 0 Å². The summed E-state index contributed by atoms with van der Waals surface area (Å²) in [6.07, 6.45) is 2.87. The molecule has 4 nitrogen and oxygen atoms in total. The normalized spacial score (nSPS) is 13.2. The van der Waals surface area contributed by atoms with E-state index < -0.39 is 0 Å². The summed E-state index contributed by atoms with van der Waals surface area (Å²) in [6, 6.07) is 11.6. The Bertz CT molecular complexity index is 807. The Morgan fingerprint density at radius 3 is 2.89 bits per heavy atom. The Labute approximate surface area is 160 Å². The third kappa shape index (κ3) is 5.00. The molecule has 0 amide bonds. The zero-order chi connectivity index (χ0) is 19.2. The summed E-state index contributed by atoms with van der Waals surface area (Å²) >= 11 is 0. The van der Waals surface area contributed by atoms with Crippen molar-refractivity contribution >= 4 is 17.3 Å². The van der Waals surface area contributed by atoms with Crippen LogP contribution in [0.4, 0.5) is 15.8 Å². The van der Waals surface area contributed by atoms with Crippen LogP contribution >= 0.6 is 0 Å². The highest BCUT2D eigenvalue weighted by atomic mass is 19.1. The Hall–Kier alpha value is -2.56. The molecule has 144 valence electrons. The maximum absolute atomic E-state index is 14.3. The largest absolute Gasteiger partial charge is 0.466 e. The van der Waals surface area contributed by atoms with Gasteiger partial charge in [0, 0.05) is 37.9 Å². The predicted molar refractivity (Wildman–Crippen MR) is 107 cm³/mol. The Kier molecular flexibility index (Phi) is 6.32. The average Bonchev–Trinajstić information content (AvgIpc) is 2.66. The zero-order valence-electron chi connectivity index (χ0n) is 16.1. The minimum Gasteiger partial charge on any atom is -0.466 e. The lowest BCUT2D eigenvalue weighted by Gasteiger charge is -2.28.